The minimum Gasteiger partial charge on any atom is -0.383 e. The molecule has 0 aliphatic heterocycles. The first-order chi connectivity index (χ1) is 9.01. The number of halogens is 1. The zero-order valence-electron chi connectivity index (χ0n) is 11.9. The molecule has 1 atom stereocenters. The Hall–Kier alpha value is -0.680. The van der Waals surface area contributed by atoms with E-state index in [1.807, 2.05) is 6.92 Å². The molecule has 1 fully saturated rings. The fourth-order valence-corrected chi connectivity index (χ4v) is 3.08. The van der Waals surface area contributed by atoms with E-state index in [0.717, 1.165) is 16.6 Å². The smallest absolute Gasteiger partial charge is 0.162 e. The number of ether oxygens (including phenoxy) is 1. The molecule has 0 amide bonds. The van der Waals surface area contributed by atoms with Crippen LogP contribution in [-0.2, 0) is 10.3 Å². The second-order valence-corrected chi connectivity index (χ2v) is 6.19. The molecule has 2 N–H and O–H groups in total. The normalized spacial score (nSPS) is 19.6. The van der Waals surface area contributed by atoms with Crippen molar-refractivity contribution in [3.8, 4) is 0 Å². The number of nitrogen functional groups attached to an aromatic ring is 1. The van der Waals surface area contributed by atoms with Crippen LogP contribution in [0.2, 0.25) is 0 Å². The van der Waals surface area contributed by atoms with Gasteiger partial charge in [-0.3, -0.25) is 0 Å². The summed E-state index contributed by atoms with van der Waals surface area (Å²) < 4.78 is 6.45. The summed E-state index contributed by atoms with van der Waals surface area (Å²) in [6.07, 6.45) is 5.72. The maximum absolute atomic E-state index is 6.04. The summed E-state index contributed by atoms with van der Waals surface area (Å²) in [5.74, 6) is 1.71. The van der Waals surface area contributed by atoms with E-state index in [2.05, 4.69) is 27.8 Å². The lowest BCUT2D eigenvalue weighted by atomic mass is 10.00. The van der Waals surface area contributed by atoms with Gasteiger partial charge in [-0.25, -0.2) is 9.97 Å². The molecule has 2 rings (SSSR count). The zero-order valence-corrected chi connectivity index (χ0v) is 13.5. The molecule has 1 aromatic rings. The predicted octanol–water partition coefficient (Wildman–Crippen LogP) is 3.75. The lowest BCUT2D eigenvalue weighted by molar-refractivity contribution is -0.00911. The second kappa shape index (κ2) is 5.75. The van der Waals surface area contributed by atoms with E-state index < -0.39 is 5.60 Å². The van der Waals surface area contributed by atoms with Crippen LogP contribution in [0.15, 0.2) is 4.47 Å². The summed E-state index contributed by atoms with van der Waals surface area (Å²) in [4.78, 5) is 9.18. The largest absolute Gasteiger partial charge is 0.383 e. The quantitative estimate of drug-likeness (QED) is 0.914. The molecular weight excluding hydrogens is 306 g/mol. The highest BCUT2D eigenvalue weighted by Crippen LogP contribution is 2.39. The third-order valence-electron chi connectivity index (χ3n) is 4.24. The maximum Gasteiger partial charge on any atom is 0.162 e. The zero-order chi connectivity index (χ0) is 14.0. The number of methoxy groups -OCH3 is 1. The van der Waals surface area contributed by atoms with Crippen LogP contribution in [0.4, 0.5) is 5.82 Å². The minimum absolute atomic E-state index is 0.470. The van der Waals surface area contributed by atoms with Crippen LogP contribution >= 0.6 is 15.9 Å². The lowest BCUT2D eigenvalue weighted by Gasteiger charge is -2.26. The van der Waals surface area contributed by atoms with E-state index in [-0.39, 0.29) is 0 Å². The number of anilines is 1. The third kappa shape index (κ3) is 2.77. The molecular formula is C14H22BrN3O. The highest BCUT2D eigenvalue weighted by molar-refractivity contribution is 9.10. The Balaban J connectivity index is 2.47. The molecule has 19 heavy (non-hydrogen) atoms. The van der Waals surface area contributed by atoms with E-state index in [9.17, 15) is 0 Å². The topological polar surface area (TPSA) is 61.0 Å². The molecule has 1 unspecified atom stereocenters. The fourth-order valence-electron chi connectivity index (χ4n) is 2.58. The number of nitrogens with two attached hydrogens (primary N) is 1. The van der Waals surface area contributed by atoms with Crippen LogP contribution in [0, 0.1) is 0 Å². The Morgan fingerprint density at radius 3 is 2.53 bits per heavy atom. The Labute approximate surface area is 123 Å². The number of nitrogens with zero attached hydrogens (tertiary/aromatic N) is 2. The van der Waals surface area contributed by atoms with Crippen LogP contribution in [0.3, 0.4) is 0 Å². The summed E-state index contributed by atoms with van der Waals surface area (Å²) in [6.45, 7) is 4.08. The van der Waals surface area contributed by atoms with Crippen molar-refractivity contribution >= 4 is 21.7 Å². The molecule has 0 saturated heterocycles. The van der Waals surface area contributed by atoms with Crippen molar-refractivity contribution < 1.29 is 4.74 Å². The van der Waals surface area contributed by atoms with Crippen LogP contribution in [0.5, 0.6) is 0 Å². The summed E-state index contributed by atoms with van der Waals surface area (Å²) in [5.41, 5.74) is 6.62. The van der Waals surface area contributed by atoms with Crippen molar-refractivity contribution in [3.05, 3.63) is 16.0 Å². The molecule has 1 heterocycles. The Morgan fingerprint density at radius 2 is 2.00 bits per heavy atom. The SMILES string of the molecule is CCC(C)(OC)c1nc(N)c(Br)c(C2CCCC2)n1. The van der Waals surface area contributed by atoms with E-state index >= 15 is 0 Å². The van der Waals surface area contributed by atoms with Crippen molar-refractivity contribution in [2.75, 3.05) is 12.8 Å². The molecule has 1 aromatic heterocycles. The molecule has 4 nitrogen and oxygen atoms in total. The van der Waals surface area contributed by atoms with Gasteiger partial charge in [0, 0.05) is 13.0 Å². The molecule has 5 heteroatoms. The van der Waals surface area contributed by atoms with Gasteiger partial charge in [-0.05, 0) is 42.1 Å². The van der Waals surface area contributed by atoms with Crippen molar-refractivity contribution in [1.82, 2.24) is 9.97 Å². The van der Waals surface area contributed by atoms with E-state index in [1.54, 1.807) is 7.11 Å². The van der Waals surface area contributed by atoms with Crippen LogP contribution < -0.4 is 5.73 Å². The van der Waals surface area contributed by atoms with Crippen molar-refractivity contribution in [2.24, 2.45) is 0 Å². The fraction of sp³-hybridized carbons (Fsp3) is 0.714. The van der Waals surface area contributed by atoms with E-state index in [4.69, 9.17) is 15.5 Å². The molecule has 1 saturated carbocycles. The first kappa shape index (κ1) is 14.7. The van der Waals surface area contributed by atoms with Gasteiger partial charge in [0.25, 0.3) is 0 Å². The monoisotopic (exact) mass is 327 g/mol. The van der Waals surface area contributed by atoms with Gasteiger partial charge in [-0.15, -0.1) is 0 Å². The molecule has 0 bridgehead atoms. The molecule has 0 aromatic carbocycles. The number of hydrogen-bond donors (Lipinski definition) is 1. The Bertz CT molecular complexity index is 454. The van der Waals surface area contributed by atoms with Crippen LogP contribution in [0.25, 0.3) is 0 Å². The van der Waals surface area contributed by atoms with Gasteiger partial charge in [0.05, 0.1) is 10.2 Å². The molecule has 106 valence electrons. The average molecular weight is 328 g/mol. The Kier molecular flexibility index (Phi) is 4.46. The second-order valence-electron chi connectivity index (χ2n) is 5.40. The van der Waals surface area contributed by atoms with Crippen molar-refractivity contribution in [3.63, 3.8) is 0 Å². The third-order valence-corrected chi connectivity index (χ3v) is 5.06. The van der Waals surface area contributed by atoms with Gasteiger partial charge < -0.3 is 10.5 Å². The molecule has 1 aliphatic rings. The van der Waals surface area contributed by atoms with Crippen molar-refractivity contribution in [1.29, 1.82) is 0 Å². The first-order valence-electron chi connectivity index (χ1n) is 6.90. The number of aromatic nitrogens is 2. The van der Waals surface area contributed by atoms with E-state index in [1.165, 1.54) is 25.7 Å². The van der Waals surface area contributed by atoms with Crippen molar-refractivity contribution in [2.45, 2.75) is 57.5 Å². The van der Waals surface area contributed by atoms with Gasteiger partial charge in [-0.2, -0.15) is 0 Å². The average Bonchev–Trinajstić information content (AvgIpc) is 2.94. The summed E-state index contributed by atoms with van der Waals surface area (Å²) in [6, 6.07) is 0. The summed E-state index contributed by atoms with van der Waals surface area (Å²) in [7, 11) is 1.69. The number of hydrogen-bond acceptors (Lipinski definition) is 4. The van der Waals surface area contributed by atoms with Gasteiger partial charge >= 0.3 is 0 Å². The predicted molar refractivity (Wildman–Crippen MR) is 80.0 cm³/mol. The minimum atomic E-state index is -0.470. The maximum atomic E-state index is 6.04. The van der Waals surface area contributed by atoms with Crippen LogP contribution in [0.1, 0.15) is 63.4 Å². The summed E-state index contributed by atoms with van der Waals surface area (Å²) >= 11 is 3.54. The lowest BCUT2D eigenvalue weighted by Crippen LogP contribution is -2.27. The Morgan fingerprint density at radius 1 is 1.37 bits per heavy atom. The van der Waals surface area contributed by atoms with Gasteiger partial charge in [0.15, 0.2) is 5.82 Å². The van der Waals surface area contributed by atoms with Gasteiger partial charge in [0.2, 0.25) is 0 Å². The number of rotatable bonds is 4. The highest BCUT2D eigenvalue weighted by atomic mass is 79.9. The van der Waals surface area contributed by atoms with Gasteiger partial charge in [-0.1, -0.05) is 19.8 Å². The van der Waals surface area contributed by atoms with Crippen LogP contribution in [-0.4, -0.2) is 17.1 Å². The molecule has 1 aliphatic carbocycles. The van der Waals surface area contributed by atoms with Gasteiger partial charge in [0.1, 0.15) is 11.4 Å². The van der Waals surface area contributed by atoms with E-state index in [0.29, 0.717) is 17.6 Å². The molecule has 0 radical (unpaired) electrons. The first-order valence-corrected chi connectivity index (χ1v) is 7.69. The summed E-state index contributed by atoms with van der Waals surface area (Å²) in [5, 5.41) is 0. The standard InChI is InChI=1S/C14H22BrN3O/c1-4-14(2,19-3)13-17-11(9-7-5-6-8-9)10(15)12(16)18-13/h9H,4-8H2,1-3H3,(H2,16,17,18). The highest BCUT2D eigenvalue weighted by Gasteiger charge is 2.31. The molecule has 0 spiro atoms.